The topological polar surface area (TPSA) is 75.2 Å². The summed E-state index contributed by atoms with van der Waals surface area (Å²) >= 11 is 1.32. The van der Waals surface area contributed by atoms with Crippen molar-refractivity contribution in [2.24, 2.45) is 5.92 Å². The van der Waals surface area contributed by atoms with Crippen LogP contribution in [0, 0.1) is 26.7 Å². The Bertz CT molecular complexity index is 771. The van der Waals surface area contributed by atoms with Crippen LogP contribution in [-0.2, 0) is 9.59 Å². The van der Waals surface area contributed by atoms with Crippen LogP contribution in [0.15, 0.2) is 18.2 Å². The molecule has 1 N–H and O–H groups in total. The SMILES string of the molecule is Cc1ccc(C)c(N2CC(C(=O)Nc3nnc(C)s3)CC2=O)c1. The van der Waals surface area contributed by atoms with Gasteiger partial charge in [0.2, 0.25) is 16.9 Å². The third-order valence-corrected chi connectivity index (χ3v) is 4.66. The lowest BCUT2D eigenvalue weighted by Gasteiger charge is -2.19. The highest BCUT2D eigenvalue weighted by atomic mass is 32.1. The standard InChI is InChI=1S/C16H18N4O2S/c1-9-4-5-10(2)13(6-9)20-8-12(7-14(20)21)15(22)17-16-19-18-11(3)23-16/h4-6,12H,7-8H2,1-3H3,(H,17,19,22). The van der Waals surface area contributed by atoms with E-state index < -0.39 is 0 Å². The first-order valence-corrected chi connectivity index (χ1v) is 8.24. The van der Waals surface area contributed by atoms with Crippen LogP contribution in [0.3, 0.4) is 0 Å². The molecule has 120 valence electrons. The molecule has 1 fully saturated rings. The van der Waals surface area contributed by atoms with E-state index in [0.717, 1.165) is 21.8 Å². The van der Waals surface area contributed by atoms with Gasteiger partial charge in [-0.2, -0.15) is 0 Å². The maximum atomic E-state index is 12.3. The molecule has 0 aliphatic carbocycles. The van der Waals surface area contributed by atoms with Crippen LogP contribution in [0.25, 0.3) is 0 Å². The first kappa shape index (κ1) is 15.6. The van der Waals surface area contributed by atoms with Gasteiger partial charge >= 0.3 is 0 Å². The molecule has 1 aromatic heterocycles. The molecule has 1 aliphatic rings. The number of rotatable bonds is 3. The van der Waals surface area contributed by atoms with E-state index in [0.29, 0.717) is 11.7 Å². The Balaban J connectivity index is 1.74. The lowest BCUT2D eigenvalue weighted by Crippen LogP contribution is -2.28. The molecule has 1 aromatic carbocycles. The molecule has 0 saturated carbocycles. The van der Waals surface area contributed by atoms with Crippen molar-refractivity contribution in [3.63, 3.8) is 0 Å². The van der Waals surface area contributed by atoms with Crippen molar-refractivity contribution in [1.82, 2.24) is 10.2 Å². The third-order valence-electron chi connectivity index (χ3n) is 3.91. The average Bonchev–Trinajstić information content (AvgIpc) is 3.08. The summed E-state index contributed by atoms with van der Waals surface area (Å²) in [6, 6.07) is 6.00. The Morgan fingerprint density at radius 3 is 2.78 bits per heavy atom. The number of hydrogen-bond acceptors (Lipinski definition) is 5. The highest BCUT2D eigenvalue weighted by molar-refractivity contribution is 7.15. The van der Waals surface area contributed by atoms with Gasteiger partial charge in [0.25, 0.3) is 0 Å². The van der Waals surface area contributed by atoms with Gasteiger partial charge in [0.1, 0.15) is 5.01 Å². The van der Waals surface area contributed by atoms with Crippen molar-refractivity contribution < 1.29 is 9.59 Å². The highest BCUT2D eigenvalue weighted by Crippen LogP contribution is 2.29. The van der Waals surface area contributed by atoms with Gasteiger partial charge < -0.3 is 10.2 Å². The van der Waals surface area contributed by atoms with Crippen molar-refractivity contribution in [2.45, 2.75) is 27.2 Å². The smallest absolute Gasteiger partial charge is 0.231 e. The molecule has 1 saturated heterocycles. The Morgan fingerprint density at radius 2 is 2.09 bits per heavy atom. The number of nitrogens with one attached hydrogen (secondary N) is 1. The van der Waals surface area contributed by atoms with Crippen molar-refractivity contribution in [1.29, 1.82) is 0 Å². The molecule has 0 bridgehead atoms. The zero-order valence-electron chi connectivity index (χ0n) is 13.3. The van der Waals surface area contributed by atoms with Gasteiger partial charge in [0.05, 0.1) is 5.92 Å². The predicted octanol–water partition coefficient (Wildman–Crippen LogP) is 2.45. The fraction of sp³-hybridized carbons (Fsp3) is 0.375. The van der Waals surface area contributed by atoms with Crippen LogP contribution in [0.2, 0.25) is 0 Å². The number of benzene rings is 1. The molecule has 0 spiro atoms. The van der Waals surface area contributed by atoms with E-state index in [1.54, 1.807) is 4.90 Å². The van der Waals surface area contributed by atoms with E-state index >= 15 is 0 Å². The van der Waals surface area contributed by atoms with E-state index in [9.17, 15) is 9.59 Å². The summed E-state index contributed by atoms with van der Waals surface area (Å²) in [6.07, 6.45) is 0.219. The summed E-state index contributed by atoms with van der Waals surface area (Å²) in [5.74, 6) is -0.568. The van der Waals surface area contributed by atoms with Crippen LogP contribution in [-0.4, -0.2) is 28.6 Å². The Morgan fingerprint density at radius 1 is 1.30 bits per heavy atom. The quantitative estimate of drug-likeness (QED) is 0.938. The van der Waals surface area contributed by atoms with Gasteiger partial charge in [-0.25, -0.2) is 0 Å². The molecule has 0 radical (unpaired) electrons. The minimum atomic E-state index is -0.369. The van der Waals surface area contributed by atoms with Crippen molar-refractivity contribution in [3.8, 4) is 0 Å². The van der Waals surface area contributed by atoms with Crippen LogP contribution in [0.1, 0.15) is 22.6 Å². The van der Waals surface area contributed by atoms with E-state index in [4.69, 9.17) is 0 Å². The summed E-state index contributed by atoms with van der Waals surface area (Å²) in [6.45, 7) is 6.19. The Kier molecular flexibility index (Phi) is 4.12. The zero-order valence-corrected chi connectivity index (χ0v) is 14.1. The van der Waals surface area contributed by atoms with Crippen molar-refractivity contribution >= 4 is 34.0 Å². The summed E-state index contributed by atoms with van der Waals surface area (Å²) in [4.78, 5) is 26.4. The molecule has 1 unspecified atom stereocenters. The number of hydrogen-bond donors (Lipinski definition) is 1. The second kappa shape index (κ2) is 6.08. The van der Waals surface area contributed by atoms with Crippen molar-refractivity contribution in [3.05, 3.63) is 34.3 Å². The largest absolute Gasteiger partial charge is 0.311 e. The molecule has 2 amide bonds. The Hall–Kier alpha value is -2.28. The maximum absolute atomic E-state index is 12.3. The number of amides is 2. The number of carbonyl (C=O) groups excluding carboxylic acids is 2. The lowest BCUT2D eigenvalue weighted by atomic mass is 10.1. The first-order valence-electron chi connectivity index (χ1n) is 7.42. The second-order valence-electron chi connectivity index (χ2n) is 5.81. The van der Waals surface area contributed by atoms with Gasteiger partial charge in [-0.05, 0) is 38.0 Å². The second-order valence-corrected chi connectivity index (χ2v) is 6.99. The number of anilines is 2. The van der Waals surface area contributed by atoms with Gasteiger partial charge in [-0.15, -0.1) is 10.2 Å². The molecule has 2 heterocycles. The first-order chi connectivity index (χ1) is 10.9. The van der Waals surface area contributed by atoms with Gasteiger partial charge in [0, 0.05) is 18.7 Å². The monoisotopic (exact) mass is 330 g/mol. The fourth-order valence-corrected chi connectivity index (χ4v) is 3.28. The molecule has 2 aromatic rings. The van der Waals surface area contributed by atoms with Gasteiger partial charge in [-0.1, -0.05) is 23.5 Å². The van der Waals surface area contributed by atoms with Gasteiger partial charge in [-0.3, -0.25) is 9.59 Å². The fourth-order valence-electron chi connectivity index (χ4n) is 2.68. The maximum Gasteiger partial charge on any atom is 0.231 e. The summed E-state index contributed by atoms with van der Waals surface area (Å²) in [5.41, 5.74) is 3.01. The minimum Gasteiger partial charge on any atom is -0.311 e. The van der Waals surface area contributed by atoms with Crippen molar-refractivity contribution in [2.75, 3.05) is 16.8 Å². The average molecular weight is 330 g/mol. The minimum absolute atomic E-state index is 0.0210. The molecule has 1 aliphatic heterocycles. The number of aryl methyl sites for hydroxylation is 3. The van der Waals surface area contributed by atoms with E-state index in [1.165, 1.54) is 11.3 Å². The van der Waals surface area contributed by atoms with E-state index in [2.05, 4.69) is 15.5 Å². The van der Waals surface area contributed by atoms with Gasteiger partial charge in [0.15, 0.2) is 0 Å². The number of aromatic nitrogens is 2. The molecule has 6 nitrogen and oxygen atoms in total. The molecular weight excluding hydrogens is 312 g/mol. The Labute approximate surface area is 138 Å². The van der Waals surface area contributed by atoms with Crippen LogP contribution < -0.4 is 10.2 Å². The predicted molar refractivity (Wildman–Crippen MR) is 89.7 cm³/mol. The third kappa shape index (κ3) is 3.24. The lowest BCUT2D eigenvalue weighted by molar-refractivity contribution is -0.122. The number of nitrogens with zero attached hydrogens (tertiary/aromatic N) is 3. The van der Waals surface area contributed by atoms with Crippen LogP contribution in [0.4, 0.5) is 10.8 Å². The molecular formula is C16H18N4O2S. The highest BCUT2D eigenvalue weighted by Gasteiger charge is 2.36. The van der Waals surface area contributed by atoms with Crippen LogP contribution >= 0.6 is 11.3 Å². The summed E-state index contributed by atoms with van der Waals surface area (Å²) < 4.78 is 0. The van der Waals surface area contributed by atoms with E-state index in [-0.39, 0.29) is 24.2 Å². The molecule has 1 atom stereocenters. The number of carbonyl (C=O) groups is 2. The summed E-state index contributed by atoms with van der Waals surface area (Å²) in [5, 5.41) is 11.8. The molecule has 23 heavy (non-hydrogen) atoms. The summed E-state index contributed by atoms with van der Waals surface area (Å²) in [7, 11) is 0. The van der Waals surface area contributed by atoms with E-state index in [1.807, 2.05) is 39.0 Å². The normalized spacial score (nSPS) is 17.6. The molecule has 7 heteroatoms. The molecule has 3 rings (SSSR count). The van der Waals surface area contributed by atoms with Crippen LogP contribution in [0.5, 0.6) is 0 Å². The zero-order chi connectivity index (χ0) is 16.6.